The fourth-order valence-electron chi connectivity index (χ4n) is 1.15. The van der Waals surface area contributed by atoms with Gasteiger partial charge in [0.1, 0.15) is 0 Å². The number of nitriles is 1. The van der Waals surface area contributed by atoms with E-state index < -0.39 is 11.6 Å². The van der Waals surface area contributed by atoms with Gasteiger partial charge in [-0.2, -0.15) is 5.26 Å². The van der Waals surface area contributed by atoms with Crippen LogP contribution in [-0.2, 0) is 6.54 Å². The zero-order valence-corrected chi connectivity index (χ0v) is 8.43. The van der Waals surface area contributed by atoms with Gasteiger partial charge >= 0.3 is 0 Å². The standard InChI is InChI=1S/C11H12F2N2/c1-8(5-14)6-15-7-9-3-2-4-10(12)11(9)13/h2-4,8,15H,6-7H2,1H3. The molecule has 0 amide bonds. The Hall–Kier alpha value is -1.47. The van der Waals surface area contributed by atoms with E-state index in [1.54, 1.807) is 6.92 Å². The number of nitrogens with one attached hydrogen (secondary N) is 1. The summed E-state index contributed by atoms with van der Waals surface area (Å²) in [4.78, 5) is 0. The van der Waals surface area contributed by atoms with Crippen molar-refractivity contribution in [3.8, 4) is 6.07 Å². The second kappa shape index (κ2) is 5.42. The Bertz CT molecular complexity index is 371. The molecule has 15 heavy (non-hydrogen) atoms. The Balaban J connectivity index is 2.52. The van der Waals surface area contributed by atoms with E-state index in [9.17, 15) is 8.78 Å². The van der Waals surface area contributed by atoms with E-state index in [0.717, 1.165) is 6.07 Å². The van der Waals surface area contributed by atoms with Gasteiger partial charge in [0.15, 0.2) is 11.6 Å². The van der Waals surface area contributed by atoms with Crippen molar-refractivity contribution >= 4 is 0 Å². The zero-order chi connectivity index (χ0) is 11.3. The number of benzene rings is 1. The third-order valence-corrected chi connectivity index (χ3v) is 2.02. The number of hydrogen-bond donors (Lipinski definition) is 1. The molecule has 1 N–H and O–H groups in total. The summed E-state index contributed by atoms with van der Waals surface area (Å²) in [5.74, 6) is -1.81. The first-order valence-electron chi connectivity index (χ1n) is 4.68. The highest BCUT2D eigenvalue weighted by molar-refractivity contribution is 5.18. The Labute approximate surface area is 87.5 Å². The average molecular weight is 210 g/mol. The molecule has 1 atom stereocenters. The molecule has 1 aromatic rings. The zero-order valence-electron chi connectivity index (χ0n) is 8.43. The first-order valence-corrected chi connectivity index (χ1v) is 4.68. The third-order valence-electron chi connectivity index (χ3n) is 2.02. The molecule has 0 spiro atoms. The molecule has 0 bridgehead atoms. The average Bonchev–Trinajstić information content (AvgIpc) is 2.24. The number of halogens is 2. The Morgan fingerprint density at radius 1 is 1.47 bits per heavy atom. The van der Waals surface area contributed by atoms with Crippen molar-refractivity contribution in [1.82, 2.24) is 5.32 Å². The molecule has 0 fully saturated rings. The summed E-state index contributed by atoms with van der Waals surface area (Å²) in [5, 5.41) is 11.4. The van der Waals surface area contributed by atoms with Gasteiger partial charge in [0.2, 0.25) is 0 Å². The summed E-state index contributed by atoms with van der Waals surface area (Å²) in [5.41, 5.74) is 0.278. The van der Waals surface area contributed by atoms with Gasteiger partial charge in [0.25, 0.3) is 0 Å². The molecule has 1 unspecified atom stereocenters. The van der Waals surface area contributed by atoms with E-state index in [1.165, 1.54) is 12.1 Å². The van der Waals surface area contributed by atoms with Crippen LogP contribution in [0.25, 0.3) is 0 Å². The maximum atomic E-state index is 13.1. The molecule has 0 aliphatic carbocycles. The summed E-state index contributed by atoms with van der Waals surface area (Å²) in [6.45, 7) is 2.46. The van der Waals surface area contributed by atoms with Crippen molar-refractivity contribution in [1.29, 1.82) is 5.26 Å². The van der Waals surface area contributed by atoms with Gasteiger partial charge in [-0.1, -0.05) is 12.1 Å². The quantitative estimate of drug-likeness (QED) is 0.827. The summed E-state index contributed by atoms with van der Waals surface area (Å²) in [7, 11) is 0. The molecule has 0 aromatic heterocycles. The van der Waals surface area contributed by atoms with Crippen LogP contribution < -0.4 is 5.32 Å². The predicted molar refractivity (Wildman–Crippen MR) is 52.8 cm³/mol. The van der Waals surface area contributed by atoms with Crippen LogP contribution in [0.3, 0.4) is 0 Å². The van der Waals surface area contributed by atoms with Crippen molar-refractivity contribution in [3.05, 3.63) is 35.4 Å². The molecular formula is C11H12F2N2. The van der Waals surface area contributed by atoms with Gasteiger partial charge in [-0.05, 0) is 13.0 Å². The lowest BCUT2D eigenvalue weighted by Crippen LogP contribution is -2.20. The molecule has 0 saturated carbocycles. The van der Waals surface area contributed by atoms with Gasteiger partial charge in [0, 0.05) is 18.7 Å². The monoisotopic (exact) mass is 210 g/mol. The van der Waals surface area contributed by atoms with Crippen LogP contribution in [-0.4, -0.2) is 6.54 Å². The lowest BCUT2D eigenvalue weighted by molar-refractivity contribution is 0.490. The minimum atomic E-state index is -0.845. The number of hydrogen-bond acceptors (Lipinski definition) is 2. The predicted octanol–water partition coefficient (Wildman–Crippen LogP) is 2.21. The van der Waals surface area contributed by atoms with E-state index in [2.05, 4.69) is 5.32 Å². The fraction of sp³-hybridized carbons (Fsp3) is 0.364. The SMILES string of the molecule is CC(C#N)CNCc1cccc(F)c1F. The van der Waals surface area contributed by atoms with Crippen molar-refractivity contribution in [2.75, 3.05) is 6.54 Å². The van der Waals surface area contributed by atoms with Crippen molar-refractivity contribution in [2.24, 2.45) is 5.92 Å². The summed E-state index contributed by atoms with van der Waals surface area (Å²) in [6, 6.07) is 6.10. The largest absolute Gasteiger partial charge is 0.311 e. The molecule has 0 aliphatic heterocycles. The van der Waals surface area contributed by atoms with E-state index in [4.69, 9.17) is 5.26 Å². The molecule has 2 nitrogen and oxygen atoms in total. The molecule has 1 rings (SSSR count). The van der Waals surface area contributed by atoms with Gasteiger partial charge < -0.3 is 5.32 Å². The van der Waals surface area contributed by atoms with Crippen molar-refractivity contribution in [2.45, 2.75) is 13.5 Å². The van der Waals surface area contributed by atoms with E-state index in [1.807, 2.05) is 6.07 Å². The first kappa shape index (κ1) is 11.6. The van der Waals surface area contributed by atoms with E-state index >= 15 is 0 Å². The second-order valence-corrected chi connectivity index (χ2v) is 3.37. The molecule has 0 aliphatic rings. The van der Waals surface area contributed by atoms with E-state index in [0.29, 0.717) is 6.54 Å². The Morgan fingerprint density at radius 2 is 2.20 bits per heavy atom. The molecule has 0 heterocycles. The maximum absolute atomic E-state index is 13.1. The first-order chi connectivity index (χ1) is 7.15. The van der Waals surface area contributed by atoms with Crippen LogP contribution in [0.5, 0.6) is 0 Å². The smallest absolute Gasteiger partial charge is 0.163 e. The lowest BCUT2D eigenvalue weighted by Gasteiger charge is -2.07. The highest BCUT2D eigenvalue weighted by Crippen LogP contribution is 2.10. The highest BCUT2D eigenvalue weighted by atomic mass is 19.2. The van der Waals surface area contributed by atoms with Gasteiger partial charge in [-0.15, -0.1) is 0 Å². The molecule has 0 saturated heterocycles. The number of nitrogens with zero attached hydrogens (tertiary/aromatic N) is 1. The molecule has 80 valence electrons. The second-order valence-electron chi connectivity index (χ2n) is 3.37. The van der Waals surface area contributed by atoms with Crippen LogP contribution in [0.4, 0.5) is 8.78 Å². The molecular weight excluding hydrogens is 198 g/mol. The van der Waals surface area contributed by atoms with Gasteiger partial charge in [-0.3, -0.25) is 0 Å². The van der Waals surface area contributed by atoms with Gasteiger partial charge in [-0.25, -0.2) is 8.78 Å². The van der Waals surface area contributed by atoms with Crippen LogP contribution in [0.15, 0.2) is 18.2 Å². The third kappa shape index (κ3) is 3.30. The summed E-state index contributed by atoms with van der Waals surface area (Å²) < 4.78 is 25.9. The Morgan fingerprint density at radius 3 is 2.87 bits per heavy atom. The van der Waals surface area contributed by atoms with Gasteiger partial charge in [0.05, 0.1) is 12.0 Å². The van der Waals surface area contributed by atoms with Crippen molar-refractivity contribution < 1.29 is 8.78 Å². The minimum Gasteiger partial charge on any atom is -0.311 e. The topological polar surface area (TPSA) is 35.8 Å². The molecule has 4 heteroatoms. The summed E-state index contributed by atoms with van der Waals surface area (Å²) >= 11 is 0. The lowest BCUT2D eigenvalue weighted by atomic mass is 10.2. The molecule has 1 aromatic carbocycles. The van der Waals surface area contributed by atoms with Crippen LogP contribution in [0, 0.1) is 28.9 Å². The normalized spacial score (nSPS) is 12.1. The van der Waals surface area contributed by atoms with Crippen LogP contribution in [0.1, 0.15) is 12.5 Å². The van der Waals surface area contributed by atoms with Crippen molar-refractivity contribution in [3.63, 3.8) is 0 Å². The fourth-order valence-corrected chi connectivity index (χ4v) is 1.15. The Kier molecular flexibility index (Phi) is 4.19. The van der Waals surface area contributed by atoms with Crippen LogP contribution in [0.2, 0.25) is 0 Å². The minimum absolute atomic E-state index is 0.137. The highest BCUT2D eigenvalue weighted by Gasteiger charge is 2.07. The molecule has 0 radical (unpaired) electrons. The number of rotatable bonds is 4. The maximum Gasteiger partial charge on any atom is 0.163 e. The van der Waals surface area contributed by atoms with E-state index in [-0.39, 0.29) is 18.0 Å². The summed E-state index contributed by atoms with van der Waals surface area (Å²) in [6.07, 6.45) is 0. The van der Waals surface area contributed by atoms with Crippen LogP contribution >= 0.6 is 0 Å².